The second-order valence-corrected chi connectivity index (χ2v) is 9.94. The van der Waals surface area contributed by atoms with Crippen LogP contribution in [0.5, 0.6) is 5.75 Å². The summed E-state index contributed by atoms with van der Waals surface area (Å²) >= 11 is 1.30. The Labute approximate surface area is 221 Å². The summed E-state index contributed by atoms with van der Waals surface area (Å²) in [6.07, 6.45) is 1.78. The number of carbonyl (C=O) groups is 2. The second-order valence-electron chi connectivity index (χ2n) is 9.06. The molecule has 0 saturated heterocycles. The highest BCUT2D eigenvalue weighted by molar-refractivity contribution is 7.15. The van der Waals surface area contributed by atoms with E-state index in [0.29, 0.717) is 34.3 Å². The van der Waals surface area contributed by atoms with Gasteiger partial charge in [0.25, 0.3) is 5.91 Å². The predicted octanol–water partition coefficient (Wildman–Crippen LogP) is 7.43. The van der Waals surface area contributed by atoms with Crippen LogP contribution in [0, 0.1) is 6.92 Å². The fourth-order valence-corrected chi connectivity index (χ4v) is 5.46. The maximum absolute atomic E-state index is 13.8. The van der Waals surface area contributed by atoms with Crippen LogP contribution in [0.25, 0.3) is 22.0 Å². The van der Waals surface area contributed by atoms with Crippen LogP contribution in [0.1, 0.15) is 58.7 Å². The highest BCUT2D eigenvalue weighted by Gasteiger charge is 2.26. The molecule has 4 aromatic rings. The van der Waals surface area contributed by atoms with Gasteiger partial charge in [-0.1, -0.05) is 38.1 Å². The Morgan fingerprint density at radius 2 is 1.89 bits per heavy atom. The lowest BCUT2D eigenvalue weighted by molar-refractivity contribution is 0.0529. The van der Waals surface area contributed by atoms with Gasteiger partial charge in [-0.3, -0.25) is 4.79 Å². The summed E-state index contributed by atoms with van der Waals surface area (Å²) in [5.41, 5.74) is 5.50. The van der Waals surface area contributed by atoms with Gasteiger partial charge in [-0.05, 0) is 60.7 Å². The van der Waals surface area contributed by atoms with Gasteiger partial charge in [0.1, 0.15) is 22.0 Å². The minimum atomic E-state index is -0.477. The van der Waals surface area contributed by atoms with Gasteiger partial charge in [-0.25, -0.2) is 4.79 Å². The number of nitrogens with one attached hydrogen (secondary N) is 1. The molecule has 4 rings (SSSR count). The number of ether oxygens (including phenoxy) is 2. The minimum absolute atomic E-state index is 0.231. The number of nitrogens with zero attached hydrogens (tertiary/aromatic N) is 1. The molecule has 6 nitrogen and oxygen atoms in total. The molecular formula is C30H32N2O4S. The summed E-state index contributed by atoms with van der Waals surface area (Å²) in [7, 11) is 1.61. The number of fused-ring (bicyclic) bond motifs is 1. The van der Waals surface area contributed by atoms with E-state index in [1.54, 1.807) is 20.1 Å². The summed E-state index contributed by atoms with van der Waals surface area (Å²) in [5.74, 6) is 0.333. The molecule has 1 amide bonds. The van der Waals surface area contributed by atoms with E-state index >= 15 is 0 Å². The lowest BCUT2D eigenvalue weighted by Gasteiger charge is -2.12. The van der Waals surface area contributed by atoms with Crippen molar-refractivity contribution in [2.45, 2.75) is 40.2 Å². The maximum atomic E-state index is 13.8. The van der Waals surface area contributed by atoms with Gasteiger partial charge in [-0.2, -0.15) is 0 Å². The van der Waals surface area contributed by atoms with E-state index in [1.807, 2.05) is 41.1 Å². The lowest BCUT2D eigenvalue weighted by Crippen LogP contribution is -2.19. The molecular weight excluding hydrogens is 484 g/mol. The van der Waals surface area contributed by atoms with Crippen molar-refractivity contribution in [2.24, 2.45) is 0 Å². The van der Waals surface area contributed by atoms with Crippen LogP contribution >= 0.6 is 11.3 Å². The zero-order valence-electron chi connectivity index (χ0n) is 21.9. The molecule has 0 aliphatic carbocycles. The minimum Gasteiger partial charge on any atom is -0.497 e. The zero-order chi connectivity index (χ0) is 26.7. The maximum Gasteiger partial charge on any atom is 0.341 e. The summed E-state index contributed by atoms with van der Waals surface area (Å²) in [6.45, 7) is 12.6. The van der Waals surface area contributed by atoms with Crippen LogP contribution in [0.4, 0.5) is 5.00 Å². The van der Waals surface area contributed by atoms with Crippen LogP contribution in [-0.2, 0) is 11.3 Å². The highest BCUT2D eigenvalue weighted by atomic mass is 32.1. The Morgan fingerprint density at radius 1 is 1.16 bits per heavy atom. The number of esters is 1. The molecule has 0 aliphatic rings. The number of aromatic nitrogens is 1. The number of anilines is 1. The van der Waals surface area contributed by atoms with E-state index in [0.717, 1.165) is 27.8 Å². The lowest BCUT2D eigenvalue weighted by atomic mass is 10.0. The summed E-state index contributed by atoms with van der Waals surface area (Å²) in [4.78, 5) is 26.8. The average molecular weight is 517 g/mol. The number of thiophene rings is 1. The molecule has 2 heterocycles. The molecule has 1 N–H and O–H groups in total. The van der Waals surface area contributed by atoms with Crippen molar-refractivity contribution in [3.63, 3.8) is 0 Å². The number of hydrogen-bond donors (Lipinski definition) is 1. The van der Waals surface area contributed by atoms with Crippen LogP contribution in [0.3, 0.4) is 0 Å². The molecule has 2 aromatic carbocycles. The van der Waals surface area contributed by atoms with Crippen molar-refractivity contribution in [1.82, 2.24) is 4.57 Å². The van der Waals surface area contributed by atoms with Crippen molar-refractivity contribution in [1.29, 1.82) is 0 Å². The van der Waals surface area contributed by atoms with Gasteiger partial charge in [0.2, 0.25) is 0 Å². The Morgan fingerprint density at radius 3 is 2.51 bits per heavy atom. The number of benzene rings is 2. The van der Waals surface area contributed by atoms with Crippen LogP contribution in [0.2, 0.25) is 0 Å². The SMILES string of the molecule is C=CCn1c(C(=O)Nc2scc(-c3ccc(OC)cc3)c2C(=O)OCC)c(C)c2cc(C(C)C)ccc21. The molecule has 0 radical (unpaired) electrons. The molecule has 0 spiro atoms. The smallest absolute Gasteiger partial charge is 0.341 e. The number of amides is 1. The second kappa shape index (κ2) is 11.0. The molecule has 0 unspecified atom stereocenters. The number of hydrogen-bond acceptors (Lipinski definition) is 5. The Bertz CT molecular complexity index is 1460. The zero-order valence-corrected chi connectivity index (χ0v) is 22.7. The number of carbonyl (C=O) groups excluding carboxylic acids is 2. The Kier molecular flexibility index (Phi) is 7.83. The number of aryl methyl sites for hydroxylation is 1. The van der Waals surface area contributed by atoms with E-state index < -0.39 is 5.97 Å². The van der Waals surface area contributed by atoms with Gasteiger partial charge >= 0.3 is 5.97 Å². The van der Waals surface area contributed by atoms with Crippen molar-refractivity contribution in [3.05, 3.63) is 82.9 Å². The Hall–Kier alpha value is -3.84. The van der Waals surface area contributed by atoms with E-state index in [4.69, 9.17) is 9.47 Å². The van der Waals surface area contributed by atoms with Gasteiger partial charge < -0.3 is 19.4 Å². The standard InChI is InChI=1S/C30H32N2O4S/c1-7-15-32-25-14-11-21(18(3)4)16-23(25)19(5)27(32)28(33)31-29-26(30(34)36-8-2)24(17-37-29)20-9-12-22(35-6)13-10-20/h7,9-14,16-18H,1,8,15H2,2-6H3,(H,31,33). The van der Waals surface area contributed by atoms with Crippen molar-refractivity contribution >= 4 is 39.1 Å². The average Bonchev–Trinajstić information content (AvgIpc) is 3.43. The third-order valence-electron chi connectivity index (χ3n) is 6.43. The van der Waals surface area contributed by atoms with Gasteiger partial charge in [0, 0.05) is 28.4 Å². The topological polar surface area (TPSA) is 69.6 Å². The summed E-state index contributed by atoms with van der Waals surface area (Å²) in [5, 5.41) is 6.37. The summed E-state index contributed by atoms with van der Waals surface area (Å²) < 4.78 is 12.6. The number of rotatable bonds is 9. The molecule has 7 heteroatoms. The fraction of sp³-hybridized carbons (Fsp3) is 0.267. The van der Waals surface area contributed by atoms with Crippen LogP contribution in [-0.4, -0.2) is 30.2 Å². The van der Waals surface area contributed by atoms with Crippen molar-refractivity contribution < 1.29 is 19.1 Å². The molecule has 0 bridgehead atoms. The monoisotopic (exact) mass is 516 g/mol. The van der Waals surface area contributed by atoms with E-state index in [2.05, 4.69) is 43.9 Å². The largest absolute Gasteiger partial charge is 0.497 e. The molecule has 0 atom stereocenters. The van der Waals surface area contributed by atoms with Gasteiger partial charge in [0.05, 0.1) is 13.7 Å². The first-order chi connectivity index (χ1) is 17.8. The molecule has 2 aromatic heterocycles. The third kappa shape index (κ3) is 5.04. The molecule has 0 fully saturated rings. The number of allylic oxidation sites excluding steroid dienone is 1. The predicted molar refractivity (Wildman–Crippen MR) is 151 cm³/mol. The molecule has 0 aliphatic heterocycles. The molecule has 0 saturated carbocycles. The normalized spacial score (nSPS) is 11.1. The number of methoxy groups -OCH3 is 1. The van der Waals surface area contributed by atoms with Crippen molar-refractivity contribution in [2.75, 3.05) is 19.0 Å². The Balaban J connectivity index is 1.79. The van der Waals surface area contributed by atoms with Crippen LogP contribution in [0.15, 0.2) is 60.5 Å². The van der Waals surface area contributed by atoms with Gasteiger partial charge in [-0.15, -0.1) is 17.9 Å². The first-order valence-electron chi connectivity index (χ1n) is 12.3. The highest BCUT2D eigenvalue weighted by Crippen LogP contribution is 2.38. The molecule has 192 valence electrons. The van der Waals surface area contributed by atoms with E-state index in [-0.39, 0.29) is 12.5 Å². The summed E-state index contributed by atoms with van der Waals surface area (Å²) in [6, 6.07) is 13.8. The first-order valence-corrected chi connectivity index (χ1v) is 13.2. The quantitative estimate of drug-likeness (QED) is 0.186. The van der Waals surface area contributed by atoms with Crippen LogP contribution < -0.4 is 10.1 Å². The van der Waals surface area contributed by atoms with Crippen molar-refractivity contribution in [3.8, 4) is 16.9 Å². The van der Waals surface area contributed by atoms with E-state index in [1.165, 1.54) is 16.9 Å². The third-order valence-corrected chi connectivity index (χ3v) is 7.33. The van der Waals surface area contributed by atoms with Gasteiger partial charge in [0.15, 0.2) is 0 Å². The fourth-order valence-electron chi connectivity index (χ4n) is 4.51. The molecule has 37 heavy (non-hydrogen) atoms. The van der Waals surface area contributed by atoms with E-state index in [9.17, 15) is 9.59 Å². The first kappa shape index (κ1) is 26.2.